The van der Waals surface area contributed by atoms with Crippen molar-refractivity contribution in [2.75, 3.05) is 0 Å². The van der Waals surface area contributed by atoms with Gasteiger partial charge in [0.1, 0.15) is 6.10 Å². The summed E-state index contributed by atoms with van der Waals surface area (Å²) < 4.78 is 5.62. The Balaban J connectivity index is 1.67. The van der Waals surface area contributed by atoms with Gasteiger partial charge in [0, 0.05) is 5.57 Å². The van der Waals surface area contributed by atoms with Gasteiger partial charge >= 0.3 is 5.97 Å². The molecule has 0 N–H and O–H groups in total. The molecule has 0 aromatic rings. The van der Waals surface area contributed by atoms with Crippen LogP contribution in [0.2, 0.25) is 0 Å². The lowest BCUT2D eigenvalue weighted by molar-refractivity contribution is -0.148. The molecule has 0 radical (unpaired) electrons. The number of esters is 1. The smallest absolute Gasteiger partial charge is 0.333 e. The molecule has 0 aromatic heterocycles. The highest BCUT2D eigenvalue weighted by molar-refractivity contribution is 5.87. The molecule has 2 bridgehead atoms. The van der Waals surface area contributed by atoms with Gasteiger partial charge < -0.3 is 4.74 Å². The van der Waals surface area contributed by atoms with E-state index < -0.39 is 0 Å². The Morgan fingerprint density at radius 2 is 1.82 bits per heavy atom. The van der Waals surface area contributed by atoms with E-state index in [1.54, 1.807) is 6.92 Å². The quantitative estimate of drug-likeness (QED) is 0.541. The maximum absolute atomic E-state index is 11.6. The molecule has 5 unspecified atom stereocenters. The molecule has 0 aromatic carbocycles. The van der Waals surface area contributed by atoms with Crippen molar-refractivity contribution in [1.29, 1.82) is 0 Å². The van der Waals surface area contributed by atoms with Crippen molar-refractivity contribution in [3.05, 3.63) is 12.2 Å². The molecule has 0 aliphatic heterocycles. The van der Waals surface area contributed by atoms with Crippen LogP contribution in [0.25, 0.3) is 0 Å². The van der Waals surface area contributed by atoms with E-state index in [-0.39, 0.29) is 12.1 Å². The molecule has 3 fully saturated rings. The van der Waals surface area contributed by atoms with Gasteiger partial charge in [0.2, 0.25) is 0 Å². The minimum atomic E-state index is -0.185. The van der Waals surface area contributed by atoms with Crippen LogP contribution >= 0.6 is 0 Å². The molecule has 0 heterocycles. The highest BCUT2D eigenvalue weighted by Crippen LogP contribution is 2.58. The molecule has 3 rings (SSSR count). The zero-order chi connectivity index (χ0) is 12.0. The Morgan fingerprint density at radius 3 is 2.53 bits per heavy atom. The molecule has 17 heavy (non-hydrogen) atoms. The number of rotatable bonds is 2. The van der Waals surface area contributed by atoms with E-state index in [0.29, 0.717) is 11.5 Å². The second-order valence-electron chi connectivity index (χ2n) is 6.23. The molecule has 0 spiro atoms. The van der Waals surface area contributed by atoms with Gasteiger partial charge in [-0.2, -0.15) is 0 Å². The summed E-state index contributed by atoms with van der Waals surface area (Å²) in [6.45, 7) is 5.40. The molecule has 2 heteroatoms. The lowest BCUT2D eigenvalue weighted by atomic mass is 9.70. The molecule has 3 aliphatic carbocycles. The summed E-state index contributed by atoms with van der Waals surface area (Å²) in [7, 11) is 0. The average Bonchev–Trinajstić information content (AvgIpc) is 2.87. The Kier molecular flexibility index (Phi) is 2.76. The van der Waals surface area contributed by atoms with Crippen molar-refractivity contribution in [2.45, 2.75) is 51.6 Å². The topological polar surface area (TPSA) is 26.3 Å². The Bertz CT molecular complexity index is 347. The third-order valence-corrected chi connectivity index (χ3v) is 5.22. The zero-order valence-corrected chi connectivity index (χ0v) is 10.7. The summed E-state index contributed by atoms with van der Waals surface area (Å²) >= 11 is 0. The van der Waals surface area contributed by atoms with Gasteiger partial charge in [0.05, 0.1) is 0 Å². The van der Waals surface area contributed by atoms with Gasteiger partial charge in [0.15, 0.2) is 0 Å². The van der Waals surface area contributed by atoms with Crippen LogP contribution in [0.3, 0.4) is 0 Å². The normalized spacial score (nSPS) is 43.2. The number of hydrogen-bond acceptors (Lipinski definition) is 2. The van der Waals surface area contributed by atoms with Crippen molar-refractivity contribution < 1.29 is 9.53 Å². The Hall–Kier alpha value is -0.790. The SMILES string of the molecule is C=C(C)C(=O)OC1CC2CC1C1CCCCC21. The van der Waals surface area contributed by atoms with Gasteiger partial charge in [-0.15, -0.1) is 0 Å². The molecule has 94 valence electrons. The molecular weight excluding hydrogens is 212 g/mol. The second kappa shape index (κ2) is 4.15. The third kappa shape index (κ3) is 1.82. The maximum Gasteiger partial charge on any atom is 0.333 e. The fourth-order valence-electron chi connectivity index (χ4n) is 4.55. The van der Waals surface area contributed by atoms with Crippen LogP contribution in [0.4, 0.5) is 0 Å². The van der Waals surface area contributed by atoms with E-state index in [1.807, 2.05) is 0 Å². The van der Waals surface area contributed by atoms with Crippen LogP contribution < -0.4 is 0 Å². The van der Waals surface area contributed by atoms with Gasteiger partial charge in [-0.05, 0) is 56.3 Å². The zero-order valence-electron chi connectivity index (χ0n) is 10.7. The number of fused-ring (bicyclic) bond motifs is 5. The van der Waals surface area contributed by atoms with Crippen molar-refractivity contribution in [3.8, 4) is 0 Å². The van der Waals surface area contributed by atoms with E-state index in [4.69, 9.17) is 4.74 Å². The van der Waals surface area contributed by atoms with Crippen molar-refractivity contribution in [1.82, 2.24) is 0 Å². The molecule has 0 amide bonds. The van der Waals surface area contributed by atoms with Crippen LogP contribution in [0.1, 0.15) is 45.4 Å². The highest BCUT2D eigenvalue weighted by Gasteiger charge is 2.53. The molecule has 2 nitrogen and oxygen atoms in total. The predicted molar refractivity (Wildman–Crippen MR) is 66.4 cm³/mol. The van der Waals surface area contributed by atoms with Crippen LogP contribution in [0, 0.1) is 23.7 Å². The van der Waals surface area contributed by atoms with Gasteiger partial charge in [0.25, 0.3) is 0 Å². The minimum Gasteiger partial charge on any atom is -0.459 e. The van der Waals surface area contributed by atoms with E-state index in [2.05, 4.69) is 6.58 Å². The Labute approximate surface area is 103 Å². The third-order valence-electron chi connectivity index (χ3n) is 5.22. The summed E-state index contributed by atoms with van der Waals surface area (Å²) in [6.07, 6.45) is 8.21. The van der Waals surface area contributed by atoms with Crippen molar-refractivity contribution in [2.24, 2.45) is 23.7 Å². The summed E-state index contributed by atoms with van der Waals surface area (Å²) in [4.78, 5) is 11.6. The van der Waals surface area contributed by atoms with E-state index in [9.17, 15) is 4.79 Å². The Morgan fingerprint density at radius 1 is 1.12 bits per heavy atom. The fourth-order valence-corrected chi connectivity index (χ4v) is 4.55. The molecule has 5 atom stereocenters. The van der Waals surface area contributed by atoms with E-state index in [1.165, 1.54) is 32.1 Å². The van der Waals surface area contributed by atoms with Crippen molar-refractivity contribution >= 4 is 5.97 Å². The minimum absolute atomic E-state index is 0.185. The van der Waals surface area contributed by atoms with Gasteiger partial charge in [-0.1, -0.05) is 19.4 Å². The fraction of sp³-hybridized carbons (Fsp3) is 0.800. The lowest BCUT2D eigenvalue weighted by Crippen LogP contribution is -2.36. The molecule has 0 saturated heterocycles. The molecule has 3 aliphatic rings. The lowest BCUT2D eigenvalue weighted by Gasteiger charge is -2.38. The largest absolute Gasteiger partial charge is 0.459 e. The van der Waals surface area contributed by atoms with Gasteiger partial charge in [-0.3, -0.25) is 0 Å². The standard InChI is InChI=1S/C15H22O2/c1-9(2)15(16)17-14-8-10-7-13(14)12-6-4-3-5-11(10)12/h10-14H,1,3-8H2,2H3. The first kappa shape index (κ1) is 11.3. The number of carbonyl (C=O) groups excluding carboxylic acids is 1. The monoisotopic (exact) mass is 234 g/mol. The summed E-state index contributed by atoms with van der Waals surface area (Å²) in [5.74, 6) is 3.12. The number of hydrogen-bond donors (Lipinski definition) is 0. The first-order chi connectivity index (χ1) is 8.16. The van der Waals surface area contributed by atoms with Gasteiger partial charge in [-0.25, -0.2) is 4.79 Å². The van der Waals surface area contributed by atoms with Crippen LogP contribution in [-0.4, -0.2) is 12.1 Å². The average molecular weight is 234 g/mol. The summed E-state index contributed by atoms with van der Waals surface area (Å²) in [5.41, 5.74) is 0.535. The number of carbonyl (C=O) groups is 1. The second-order valence-corrected chi connectivity index (χ2v) is 6.23. The van der Waals surface area contributed by atoms with Crippen molar-refractivity contribution in [3.63, 3.8) is 0 Å². The van der Waals surface area contributed by atoms with Crippen LogP contribution in [0.15, 0.2) is 12.2 Å². The summed E-state index contributed by atoms with van der Waals surface area (Å²) in [6, 6.07) is 0. The molecular formula is C15H22O2. The maximum atomic E-state index is 11.6. The van der Waals surface area contributed by atoms with Crippen LogP contribution in [0.5, 0.6) is 0 Å². The first-order valence-corrected chi connectivity index (χ1v) is 7.03. The first-order valence-electron chi connectivity index (χ1n) is 7.03. The predicted octanol–water partition coefficient (Wildman–Crippen LogP) is 3.32. The van der Waals surface area contributed by atoms with E-state index in [0.717, 1.165) is 24.2 Å². The highest BCUT2D eigenvalue weighted by atomic mass is 16.5. The number of ether oxygens (including phenoxy) is 1. The van der Waals surface area contributed by atoms with Crippen LogP contribution in [-0.2, 0) is 9.53 Å². The van der Waals surface area contributed by atoms with E-state index >= 15 is 0 Å². The summed E-state index contributed by atoms with van der Waals surface area (Å²) in [5, 5.41) is 0. The molecule has 3 saturated carbocycles.